The van der Waals surface area contributed by atoms with Crippen LogP contribution in [0.5, 0.6) is 0 Å². The molecular weight excluding hydrogens is 323 g/mol. The van der Waals surface area contributed by atoms with Crippen molar-refractivity contribution < 1.29 is 14.6 Å². The molecule has 2 aliphatic heterocycles. The molecule has 25 heavy (non-hydrogen) atoms. The normalized spacial score (nSPS) is 22.0. The van der Waals surface area contributed by atoms with Crippen molar-refractivity contribution in [2.45, 2.75) is 19.1 Å². The zero-order valence-electron chi connectivity index (χ0n) is 14.5. The zero-order valence-corrected chi connectivity index (χ0v) is 14.5. The summed E-state index contributed by atoms with van der Waals surface area (Å²) < 4.78 is 13.2. The lowest BCUT2D eigenvalue weighted by molar-refractivity contribution is 0.179. The van der Waals surface area contributed by atoms with E-state index in [2.05, 4.69) is 21.8 Å². The first-order valence-corrected chi connectivity index (χ1v) is 8.64. The minimum absolute atomic E-state index is 0.0931. The molecule has 0 bridgehead atoms. The van der Waals surface area contributed by atoms with Gasteiger partial charge in [-0.2, -0.15) is 0 Å². The summed E-state index contributed by atoms with van der Waals surface area (Å²) in [5, 5.41) is 20.0. The minimum atomic E-state index is -0.910. The smallest absolute Gasteiger partial charge is 0.190 e. The Kier molecular flexibility index (Phi) is 5.67. The topological polar surface area (TPSA) is 62.5 Å². The number of benzene rings is 1. The van der Waals surface area contributed by atoms with E-state index in [0.717, 1.165) is 31.9 Å². The third-order valence-corrected chi connectivity index (χ3v) is 4.58. The highest BCUT2D eigenvalue weighted by molar-refractivity contribution is 5.91. The van der Waals surface area contributed by atoms with Gasteiger partial charge in [-0.15, -0.1) is 0 Å². The van der Waals surface area contributed by atoms with E-state index >= 15 is 0 Å². The number of nitrogens with zero attached hydrogens (tertiary/aromatic N) is 4. The van der Waals surface area contributed by atoms with Crippen molar-refractivity contribution in [3.63, 3.8) is 0 Å². The molecule has 1 fully saturated rings. The maximum absolute atomic E-state index is 13.2. The molecule has 0 radical (unpaired) electrons. The lowest BCUT2D eigenvalue weighted by atomic mass is 10.2. The van der Waals surface area contributed by atoms with E-state index < -0.39 is 6.23 Å². The second kappa shape index (κ2) is 7.95. The number of aliphatic imine (C=N–C) groups is 1. The molecular formula is C18H25FN4O2. The highest BCUT2D eigenvalue weighted by atomic mass is 19.1. The van der Waals surface area contributed by atoms with E-state index in [1.807, 2.05) is 0 Å². The number of hydrogen-bond acceptors (Lipinski definition) is 6. The van der Waals surface area contributed by atoms with Crippen molar-refractivity contribution in [3.8, 4) is 0 Å². The van der Waals surface area contributed by atoms with E-state index in [1.54, 1.807) is 23.2 Å². The van der Waals surface area contributed by atoms with Gasteiger partial charge in [-0.3, -0.25) is 0 Å². The summed E-state index contributed by atoms with van der Waals surface area (Å²) in [6.45, 7) is 3.53. The molecule has 7 heteroatoms. The van der Waals surface area contributed by atoms with Crippen molar-refractivity contribution in [2.24, 2.45) is 4.99 Å². The number of amidine groups is 1. The maximum Gasteiger partial charge on any atom is 0.190 e. The lowest BCUT2D eigenvalue weighted by Crippen LogP contribution is -2.54. The van der Waals surface area contributed by atoms with Gasteiger partial charge in [-0.05, 0) is 44.2 Å². The average Bonchev–Trinajstić information content (AvgIpc) is 2.62. The Bertz CT molecular complexity index is 639. The van der Waals surface area contributed by atoms with E-state index in [0.29, 0.717) is 24.4 Å². The van der Waals surface area contributed by atoms with Crippen LogP contribution < -0.4 is 4.90 Å². The summed E-state index contributed by atoms with van der Waals surface area (Å²) >= 11 is 0. The summed E-state index contributed by atoms with van der Waals surface area (Å²) in [6, 6.07) is 6.05. The summed E-state index contributed by atoms with van der Waals surface area (Å²) in [5.41, 5.74) is 1.51. The number of rotatable bonds is 4. The maximum atomic E-state index is 13.2. The van der Waals surface area contributed by atoms with E-state index in [4.69, 9.17) is 5.11 Å². The molecule has 0 aromatic heterocycles. The minimum Gasteiger partial charge on any atom is -0.396 e. The Morgan fingerprint density at radius 3 is 2.48 bits per heavy atom. The second-order valence-corrected chi connectivity index (χ2v) is 6.47. The predicted octanol–water partition coefficient (Wildman–Crippen LogP) is 1.22. The molecule has 1 aromatic carbocycles. The molecule has 6 nitrogen and oxygen atoms in total. The molecule has 0 amide bonds. The molecule has 3 rings (SSSR count). The van der Waals surface area contributed by atoms with E-state index in [1.165, 1.54) is 12.1 Å². The van der Waals surface area contributed by atoms with Gasteiger partial charge in [0.05, 0.1) is 5.70 Å². The van der Waals surface area contributed by atoms with E-state index in [-0.39, 0.29) is 12.4 Å². The van der Waals surface area contributed by atoms with Gasteiger partial charge in [-0.25, -0.2) is 9.38 Å². The fourth-order valence-electron chi connectivity index (χ4n) is 3.07. The molecule has 0 saturated carbocycles. The van der Waals surface area contributed by atoms with Gasteiger partial charge in [0.25, 0.3) is 0 Å². The molecule has 1 unspecified atom stereocenters. The number of aliphatic hydroxyl groups excluding tert-OH is 2. The van der Waals surface area contributed by atoms with Crippen LogP contribution in [0.4, 0.5) is 10.1 Å². The second-order valence-electron chi connectivity index (χ2n) is 6.47. The van der Waals surface area contributed by atoms with Crippen molar-refractivity contribution >= 4 is 11.5 Å². The standard InChI is InChI=1S/C18H25FN4O2/c1-21-8-10-22(11-9-21)17-18(25)23(13-15(20-17)3-2-12-24)16-6-4-14(19)5-7-16/h4-7,13,18,24-25H,2-3,8-12H2,1H3. The van der Waals surface area contributed by atoms with Crippen LogP contribution in [-0.2, 0) is 0 Å². The van der Waals surface area contributed by atoms with Crippen molar-refractivity contribution in [1.82, 2.24) is 9.80 Å². The van der Waals surface area contributed by atoms with Crippen molar-refractivity contribution in [2.75, 3.05) is 44.7 Å². The van der Waals surface area contributed by atoms with Crippen LogP contribution in [-0.4, -0.2) is 71.9 Å². The SMILES string of the molecule is CN1CCN(C2=NC(CCCO)=CN(c3ccc(F)cc3)C2O)CC1. The Morgan fingerprint density at radius 2 is 1.84 bits per heavy atom. The molecule has 2 N–H and O–H groups in total. The number of hydrogen-bond donors (Lipinski definition) is 2. The first kappa shape index (κ1) is 17.8. The molecule has 1 atom stereocenters. The summed E-state index contributed by atoms with van der Waals surface area (Å²) in [5.74, 6) is 0.306. The van der Waals surface area contributed by atoms with Gasteiger partial charge < -0.3 is 24.9 Å². The quantitative estimate of drug-likeness (QED) is 0.857. The van der Waals surface area contributed by atoms with Gasteiger partial charge in [0.15, 0.2) is 12.1 Å². The van der Waals surface area contributed by atoms with Crippen LogP contribution in [0, 0.1) is 5.82 Å². The van der Waals surface area contributed by atoms with Crippen LogP contribution in [0.1, 0.15) is 12.8 Å². The molecule has 2 heterocycles. The summed E-state index contributed by atoms with van der Waals surface area (Å²) in [4.78, 5) is 10.7. The van der Waals surface area contributed by atoms with Crippen LogP contribution in [0.25, 0.3) is 0 Å². The number of piperazine rings is 1. The van der Waals surface area contributed by atoms with Crippen molar-refractivity contribution in [3.05, 3.63) is 42.0 Å². The number of halogens is 1. The number of anilines is 1. The van der Waals surface area contributed by atoms with Gasteiger partial charge in [0, 0.05) is 44.7 Å². The average molecular weight is 348 g/mol. The molecule has 2 aliphatic rings. The van der Waals surface area contributed by atoms with Crippen LogP contribution in [0.15, 0.2) is 41.2 Å². The van der Waals surface area contributed by atoms with E-state index in [9.17, 15) is 9.50 Å². The molecule has 1 aromatic rings. The predicted molar refractivity (Wildman–Crippen MR) is 95.8 cm³/mol. The molecule has 0 spiro atoms. The van der Waals surface area contributed by atoms with Gasteiger partial charge in [0.1, 0.15) is 5.82 Å². The van der Waals surface area contributed by atoms with Crippen LogP contribution in [0.2, 0.25) is 0 Å². The lowest BCUT2D eigenvalue weighted by Gasteiger charge is -2.40. The van der Waals surface area contributed by atoms with Gasteiger partial charge in [0.2, 0.25) is 0 Å². The number of likely N-dealkylation sites (N-methyl/N-ethyl adjacent to an activating group) is 1. The Hall–Kier alpha value is -1.96. The summed E-state index contributed by atoms with van der Waals surface area (Å²) in [6.07, 6.45) is 2.11. The van der Waals surface area contributed by atoms with Crippen LogP contribution >= 0.6 is 0 Å². The first-order valence-electron chi connectivity index (χ1n) is 8.64. The molecule has 1 saturated heterocycles. The third-order valence-electron chi connectivity index (χ3n) is 4.58. The molecule has 136 valence electrons. The monoisotopic (exact) mass is 348 g/mol. The van der Waals surface area contributed by atoms with Gasteiger partial charge in [-0.1, -0.05) is 0 Å². The molecule has 0 aliphatic carbocycles. The number of allylic oxidation sites excluding steroid dienone is 1. The van der Waals surface area contributed by atoms with Crippen molar-refractivity contribution in [1.29, 1.82) is 0 Å². The fourth-order valence-corrected chi connectivity index (χ4v) is 3.07. The largest absolute Gasteiger partial charge is 0.396 e. The summed E-state index contributed by atoms with van der Waals surface area (Å²) in [7, 11) is 2.08. The van der Waals surface area contributed by atoms with Crippen LogP contribution in [0.3, 0.4) is 0 Å². The van der Waals surface area contributed by atoms with Gasteiger partial charge >= 0.3 is 0 Å². The number of aliphatic hydroxyl groups is 2. The third kappa shape index (κ3) is 4.18. The highest BCUT2D eigenvalue weighted by Gasteiger charge is 2.30. The fraction of sp³-hybridized carbons (Fsp3) is 0.500. The Balaban J connectivity index is 1.87. The Morgan fingerprint density at radius 1 is 1.16 bits per heavy atom. The first-order chi connectivity index (χ1) is 12.1. The highest BCUT2D eigenvalue weighted by Crippen LogP contribution is 2.26. The zero-order chi connectivity index (χ0) is 17.8. The Labute approximate surface area is 147 Å².